The van der Waals surface area contributed by atoms with Crippen LogP contribution in [-0.4, -0.2) is 15.7 Å². The Bertz CT molecular complexity index is 917. The number of benzene rings is 2. The van der Waals surface area contributed by atoms with Gasteiger partial charge in [0, 0.05) is 0 Å². The number of para-hydroxylation sites is 1. The molecule has 0 radical (unpaired) electrons. The highest BCUT2D eigenvalue weighted by Gasteiger charge is 2.18. The second kappa shape index (κ2) is 6.89. The summed E-state index contributed by atoms with van der Waals surface area (Å²) in [5.41, 5.74) is 3.67. The second-order valence-corrected chi connectivity index (χ2v) is 6.13. The number of carbonyl (C=O) groups is 1. The third-order valence-corrected chi connectivity index (χ3v) is 4.28. The maximum atomic E-state index is 14.0. The molecular formula is C20H20FN3O. The average Bonchev–Trinajstić information content (AvgIpc) is 2.95. The first kappa shape index (κ1) is 16.9. The number of nitrogens with zero attached hydrogens (tertiary/aromatic N) is 2. The van der Waals surface area contributed by atoms with Crippen molar-refractivity contribution in [1.29, 1.82) is 0 Å². The zero-order valence-corrected chi connectivity index (χ0v) is 14.5. The topological polar surface area (TPSA) is 46.9 Å². The molecule has 1 aromatic heterocycles. The maximum Gasteiger partial charge on any atom is 0.231 e. The SMILES string of the molecule is Cc1cccc(C(C)C(=O)Nc2cnn(-c3ccccc3F)c2C)c1. The first-order chi connectivity index (χ1) is 12.0. The first-order valence-electron chi connectivity index (χ1n) is 8.14. The van der Waals surface area contributed by atoms with Crippen LogP contribution in [-0.2, 0) is 4.79 Å². The van der Waals surface area contributed by atoms with Gasteiger partial charge in [0.1, 0.15) is 11.5 Å². The summed E-state index contributed by atoms with van der Waals surface area (Å²) in [6, 6.07) is 14.3. The number of rotatable bonds is 4. The van der Waals surface area contributed by atoms with E-state index in [0.29, 0.717) is 17.1 Å². The summed E-state index contributed by atoms with van der Waals surface area (Å²) in [7, 11) is 0. The monoisotopic (exact) mass is 337 g/mol. The minimum atomic E-state index is -0.361. The van der Waals surface area contributed by atoms with Gasteiger partial charge in [-0.25, -0.2) is 9.07 Å². The van der Waals surface area contributed by atoms with Gasteiger partial charge in [-0.05, 0) is 38.5 Å². The third kappa shape index (κ3) is 3.45. The molecule has 1 N–H and O–H groups in total. The van der Waals surface area contributed by atoms with Crippen LogP contribution in [0, 0.1) is 19.7 Å². The molecule has 1 amide bonds. The van der Waals surface area contributed by atoms with Crippen molar-refractivity contribution in [1.82, 2.24) is 9.78 Å². The summed E-state index contributed by atoms with van der Waals surface area (Å²) in [5.74, 6) is -0.780. The van der Waals surface area contributed by atoms with Gasteiger partial charge in [-0.3, -0.25) is 4.79 Å². The molecule has 0 bridgehead atoms. The average molecular weight is 337 g/mol. The Morgan fingerprint density at radius 1 is 1.16 bits per heavy atom. The van der Waals surface area contributed by atoms with Gasteiger partial charge in [0.2, 0.25) is 5.91 Å². The second-order valence-electron chi connectivity index (χ2n) is 6.13. The van der Waals surface area contributed by atoms with Crippen LogP contribution in [0.25, 0.3) is 5.69 Å². The number of hydrogen-bond acceptors (Lipinski definition) is 2. The van der Waals surface area contributed by atoms with Gasteiger partial charge in [-0.1, -0.05) is 42.0 Å². The van der Waals surface area contributed by atoms with Gasteiger partial charge in [0.15, 0.2) is 0 Å². The van der Waals surface area contributed by atoms with Crippen molar-refractivity contribution in [3.8, 4) is 5.69 Å². The van der Waals surface area contributed by atoms with E-state index in [0.717, 1.165) is 11.1 Å². The van der Waals surface area contributed by atoms with E-state index in [1.165, 1.54) is 10.7 Å². The lowest BCUT2D eigenvalue weighted by atomic mass is 9.98. The van der Waals surface area contributed by atoms with Crippen molar-refractivity contribution in [2.75, 3.05) is 5.32 Å². The molecule has 0 saturated heterocycles. The first-order valence-corrected chi connectivity index (χ1v) is 8.14. The van der Waals surface area contributed by atoms with Gasteiger partial charge in [0.25, 0.3) is 0 Å². The van der Waals surface area contributed by atoms with Crippen molar-refractivity contribution in [3.05, 3.63) is 77.4 Å². The van der Waals surface area contributed by atoms with Crippen molar-refractivity contribution in [2.45, 2.75) is 26.7 Å². The van der Waals surface area contributed by atoms with E-state index in [4.69, 9.17) is 0 Å². The number of halogens is 1. The fraction of sp³-hybridized carbons (Fsp3) is 0.200. The van der Waals surface area contributed by atoms with Crippen LogP contribution in [0.2, 0.25) is 0 Å². The molecule has 3 aromatic rings. The maximum absolute atomic E-state index is 14.0. The Labute approximate surface area is 146 Å². The zero-order chi connectivity index (χ0) is 18.0. The van der Waals surface area contributed by atoms with Crippen molar-refractivity contribution in [3.63, 3.8) is 0 Å². The zero-order valence-electron chi connectivity index (χ0n) is 14.5. The fourth-order valence-corrected chi connectivity index (χ4v) is 2.73. The summed E-state index contributed by atoms with van der Waals surface area (Å²) in [4.78, 5) is 12.6. The molecule has 3 rings (SSSR count). The van der Waals surface area contributed by atoms with E-state index in [2.05, 4.69) is 10.4 Å². The van der Waals surface area contributed by atoms with Gasteiger partial charge in [0.05, 0.1) is 23.5 Å². The molecule has 25 heavy (non-hydrogen) atoms. The Morgan fingerprint density at radius 2 is 1.92 bits per heavy atom. The molecule has 0 spiro atoms. The summed E-state index contributed by atoms with van der Waals surface area (Å²) in [5, 5.41) is 7.10. The molecule has 1 heterocycles. The molecule has 0 aliphatic carbocycles. The van der Waals surface area contributed by atoms with E-state index in [-0.39, 0.29) is 17.6 Å². The van der Waals surface area contributed by atoms with E-state index < -0.39 is 0 Å². The Balaban J connectivity index is 1.82. The molecule has 0 aliphatic heterocycles. The van der Waals surface area contributed by atoms with Gasteiger partial charge in [-0.15, -0.1) is 0 Å². The molecule has 4 nitrogen and oxygen atoms in total. The van der Waals surface area contributed by atoms with E-state index in [1.54, 1.807) is 31.3 Å². The summed E-state index contributed by atoms with van der Waals surface area (Å²) in [6.07, 6.45) is 1.54. The molecule has 128 valence electrons. The number of carbonyl (C=O) groups excluding carboxylic acids is 1. The quantitative estimate of drug-likeness (QED) is 0.768. The summed E-state index contributed by atoms with van der Waals surface area (Å²) in [6.45, 7) is 5.66. The lowest BCUT2D eigenvalue weighted by Gasteiger charge is -2.13. The Hall–Kier alpha value is -2.95. The smallest absolute Gasteiger partial charge is 0.231 e. The minimum Gasteiger partial charge on any atom is -0.323 e. The lowest BCUT2D eigenvalue weighted by Crippen LogP contribution is -2.19. The predicted molar refractivity (Wildman–Crippen MR) is 96.5 cm³/mol. The van der Waals surface area contributed by atoms with Gasteiger partial charge >= 0.3 is 0 Å². The highest BCUT2D eigenvalue weighted by molar-refractivity contribution is 5.96. The minimum absolute atomic E-state index is 0.123. The molecule has 0 aliphatic rings. The molecule has 0 fully saturated rings. The highest BCUT2D eigenvalue weighted by Crippen LogP contribution is 2.23. The third-order valence-electron chi connectivity index (χ3n) is 4.28. The van der Waals surface area contributed by atoms with Crippen LogP contribution in [0.15, 0.2) is 54.7 Å². The molecule has 2 aromatic carbocycles. The number of aromatic nitrogens is 2. The fourth-order valence-electron chi connectivity index (χ4n) is 2.73. The normalized spacial score (nSPS) is 12.0. The number of aryl methyl sites for hydroxylation is 1. The van der Waals surface area contributed by atoms with Crippen molar-refractivity contribution < 1.29 is 9.18 Å². The van der Waals surface area contributed by atoms with Crippen molar-refractivity contribution in [2.24, 2.45) is 0 Å². The van der Waals surface area contributed by atoms with Gasteiger partial charge in [-0.2, -0.15) is 5.10 Å². The standard InChI is InChI=1S/C20H20FN3O/c1-13-7-6-8-16(11-13)14(2)20(25)23-18-12-22-24(15(18)3)19-10-5-4-9-17(19)21/h4-12,14H,1-3H3,(H,23,25). The van der Waals surface area contributed by atoms with Crippen LogP contribution >= 0.6 is 0 Å². The highest BCUT2D eigenvalue weighted by atomic mass is 19.1. The number of anilines is 1. The molecule has 1 unspecified atom stereocenters. The Kier molecular flexibility index (Phi) is 4.65. The lowest BCUT2D eigenvalue weighted by molar-refractivity contribution is -0.117. The molecule has 1 atom stereocenters. The van der Waals surface area contributed by atoms with Gasteiger partial charge < -0.3 is 5.32 Å². The summed E-state index contributed by atoms with van der Waals surface area (Å²) >= 11 is 0. The number of nitrogens with one attached hydrogen (secondary N) is 1. The van der Waals surface area contributed by atoms with Crippen LogP contribution in [0.4, 0.5) is 10.1 Å². The largest absolute Gasteiger partial charge is 0.323 e. The van der Waals surface area contributed by atoms with E-state index >= 15 is 0 Å². The Morgan fingerprint density at radius 3 is 2.64 bits per heavy atom. The summed E-state index contributed by atoms with van der Waals surface area (Å²) < 4.78 is 15.5. The van der Waals surface area contributed by atoms with Crippen molar-refractivity contribution >= 4 is 11.6 Å². The number of amides is 1. The van der Waals surface area contributed by atoms with Crippen LogP contribution in [0.3, 0.4) is 0 Å². The molecule has 5 heteroatoms. The van der Waals surface area contributed by atoms with Crippen LogP contribution in [0.1, 0.15) is 29.7 Å². The predicted octanol–water partition coefficient (Wildman–Crippen LogP) is 4.37. The molecular weight excluding hydrogens is 317 g/mol. The van der Waals surface area contributed by atoms with E-state index in [9.17, 15) is 9.18 Å². The molecule has 0 saturated carbocycles. The van der Waals surface area contributed by atoms with Crippen LogP contribution < -0.4 is 5.32 Å². The van der Waals surface area contributed by atoms with Crippen LogP contribution in [0.5, 0.6) is 0 Å². The number of hydrogen-bond donors (Lipinski definition) is 1. The van der Waals surface area contributed by atoms with E-state index in [1.807, 2.05) is 38.1 Å².